The second-order valence-electron chi connectivity index (χ2n) is 5.40. The first-order valence-electron chi connectivity index (χ1n) is 7.77. The summed E-state index contributed by atoms with van der Waals surface area (Å²) < 4.78 is 0. The minimum absolute atomic E-state index is 0.589. The Labute approximate surface area is 150 Å². The van der Waals surface area contributed by atoms with Crippen molar-refractivity contribution in [2.24, 2.45) is 0 Å². The van der Waals surface area contributed by atoms with Crippen molar-refractivity contribution in [3.05, 3.63) is 84.1 Å². The maximum absolute atomic E-state index is 6.13. The van der Waals surface area contributed by atoms with Gasteiger partial charge in [0.05, 0.1) is 22.8 Å². The largest absolute Gasteiger partial charge is 0.255 e. The smallest absolute Gasteiger partial charge is 0.160 e. The monoisotopic (exact) mass is 344 g/mol. The molecule has 0 atom stereocenters. The lowest BCUT2D eigenvalue weighted by Crippen LogP contribution is -1.97. The second kappa shape index (κ2) is 6.79. The Morgan fingerprint density at radius 2 is 1.24 bits per heavy atom. The average molecular weight is 345 g/mol. The van der Waals surface area contributed by atoms with Crippen molar-refractivity contribution in [2.45, 2.75) is 0 Å². The molecule has 0 unspecified atom stereocenters. The SMILES string of the molecule is Clc1cccc(-c2nc(-c3ccccn3)cc(-c3ccccn3)n2)c1. The number of rotatable bonds is 3. The van der Waals surface area contributed by atoms with E-state index in [0.29, 0.717) is 10.8 Å². The number of benzene rings is 1. The Morgan fingerprint density at radius 1 is 0.600 bits per heavy atom. The predicted octanol–water partition coefficient (Wildman–Crippen LogP) is 4.92. The molecule has 0 aliphatic carbocycles. The molecule has 4 nitrogen and oxygen atoms in total. The molecule has 0 aliphatic heterocycles. The summed E-state index contributed by atoms with van der Waals surface area (Å²) in [4.78, 5) is 18.2. The fourth-order valence-corrected chi connectivity index (χ4v) is 2.69. The second-order valence-corrected chi connectivity index (χ2v) is 5.84. The van der Waals surface area contributed by atoms with E-state index in [0.717, 1.165) is 28.3 Å². The fourth-order valence-electron chi connectivity index (χ4n) is 2.49. The molecular formula is C20H13ClN4. The highest BCUT2D eigenvalue weighted by Gasteiger charge is 2.11. The van der Waals surface area contributed by atoms with Crippen molar-refractivity contribution in [1.29, 1.82) is 0 Å². The first kappa shape index (κ1) is 15.4. The van der Waals surface area contributed by atoms with Crippen LogP contribution in [0.2, 0.25) is 5.02 Å². The summed E-state index contributed by atoms with van der Waals surface area (Å²) in [5.41, 5.74) is 3.90. The quantitative estimate of drug-likeness (QED) is 0.529. The molecule has 3 heterocycles. The van der Waals surface area contributed by atoms with E-state index in [-0.39, 0.29) is 0 Å². The van der Waals surface area contributed by atoms with Crippen LogP contribution in [0.4, 0.5) is 0 Å². The molecule has 4 rings (SSSR count). The Morgan fingerprint density at radius 3 is 1.76 bits per heavy atom. The van der Waals surface area contributed by atoms with Gasteiger partial charge in [-0.25, -0.2) is 9.97 Å². The fraction of sp³-hybridized carbons (Fsp3) is 0. The molecule has 0 amide bonds. The zero-order valence-corrected chi connectivity index (χ0v) is 13.9. The molecular weight excluding hydrogens is 332 g/mol. The van der Waals surface area contributed by atoms with Crippen LogP contribution in [0, 0.1) is 0 Å². The van der Waals surface area contributed by atoms with Gasteiger partial charge in [-0.15, -0.1) is 0 Å². The van der Waals surface area contributed by atoms with Crippen LogP contribution in [0.1, 0.15) is 0 Å². The highest BCUT2D eigenvalue weighted by Crippen LogP contribution is 2.26. The first-order chi connectivity index (χ1) is 12.3. The van der Waals surface area contributed by atoms with Gasteiger partial charge in [0.15, 0.2) is 5.82 Å². The van der Waals surface area contributed by atoms with Gasteiger partial charge in [-0.05, 0) is 42.5 Å². The minimum Gasteiger partial charge on any atom is -0.255 e. The van der Waals surface area contributed by atoms with Crippen LogP contribution in [0.3, 0.4) is 0 Å². The Balaban J connectivity index is 1.92. The van der Waals surface area contributed by atoms with Crippen molar-refractivity contribution >= 4 is 11.6 Å². The number of hydrogen-bond acceptors (Lipinski definition) is 4. The zero-order valence-electron chi connectivity index (χ0n) is 13.2. The predicted molar refractivity (Wildman–Crippen MR) is 98.9 cm³/mol. The molecule has 0 aliphatic rings. The molecule has 0 bridgehead atoms. The topological polar surface area (TPSA) is 51.6 Å². The molecule has 0 fully saturated rings. The molecule has 0 saturated heterocycles. The van der Waals surface area contributed by atoms with Crippen LogP contribution in [0.5, 0.6) is 0 Å². The average Bonchev–Trinajstić information content (AvgIpc) is 2.69. The van der Waals surface area contributed by atoms with Crippen LogP contribution in [-0.2, 0) is 0 Å². The third-order valence-corrected chi connectivity index (χ3v) is 3.90. The number of aromatic nitrogens is 4. The number of pyridine rings is 2. The summed E-state index contributed by atoms with van der Waals surface area (Å²) in [6.07, 6.45) is 3.49. The van der Waals surface area contributed by atoms with Gasteiger partial charge in [0.2, 0.25) is 0 Å². The van der Waals surface area contributed by atoms with Gasteiger partial charge < -0.3 is 0 Å². The maximum atomic E-state index is 6.13. The standard InChI is InChI=1S/C20H13ClN4/c21-15-7-5-6-14(12-15)20-24-18(16-8-1-3-10-22-16)13-19(25-20)17-9-2-4-11-23-17/h1-13H. The van der Waals surface area contributed by atoms with Crippen molar-refractivity contribution in [3.8, 4) is 34.2 Å². The van der Waals surface area contributed by atoms with Crippen LogP contribution >= 0.6 is 11.6 Å². The Kier molecular flexibility index (Phi) is 4.19. The molecule has 120 valence electrons. The number of nitrogens with zero attached hydrogens (tertiary/aromatic N) is 4. The molecule has 0 radical (unpaired) electrons. The lowest BCUT2D eigenvalue weighted by atomic mass is 10.1. The maximum Gasteiger partial charge on any atom is 0.160 e. The highest BCUT2D eigenvalue weighted by atomic mass is 35.5. The van der Waals surface area contributed by atoms with E-state index in [1.807, 2.05) is 66.7 Å². The molecule has 0 saturated carbocycles. The molecule has 0 N–H and O–H groups in total. The molecule has 25 heavy (non-hydrogen) atoms. The summed E-state index contributed by atoms with van der Waals surface area (Å²) in [7, 11) is 0. The van der Waals surface area contributed by atoms with E-state index in [1.54, 1.807) is 12.4 Å². The zero-order chi connectivity index (χ0) is 17.1. The summed E-state index contributed by atoms with van der Waals surface area (Å²) in [5, 5.41) is 0.642. The summed E-state index contributed by atoms with van der Waals surface area (Å²) >= 11 is 6.13. The molecule has 3 aromatic heterocycles. The van der Waals surface area contributed by atoms with Gasteiger partial charge >= 0.3 is 0 Å². The third kappa shape index (κ3) is 3.39. The summed E-state index contributed by atoms with van der Waals surface area (Å²) in [6.45, 7) is 0. The summed E-state index contributed by atoms with van der Waals surface area (Å²) in [6, 6.07) is 20.9. The van der Waals surface area contributed by atoms with E-state index in [2.05, 4.69) is 19.9 Å². The van der Waals surface area contributed by atoms with Gasteiger partial charge in [-0.2, -0.15) is 0 Å². The number of hydrogen-bond donors (Lipinski definition) is 0. The Bertz CT molecular complexity index is 947. The van der Waals surface area contributed by atoms with Gasteiger partial charge in [0.1, 0.15) is 0 Å². The van der Waals surface area contributed by atoms with Crippen LogP contribution < -0.4 is 0 Å². The molecule has 1 aromatic carbocycles. The van der Waals surface area contributed by atoms with Crippen molar-refractivity contribution < 1.29 is 0 Å². The lowest BCUT2D eigenvalue weighted by Gasteiger charge is -2.08. The lowest BCUT2D eigenvalue weighted by molar-refractivity contribution is 1.15. The summed E-state index contributed by atoms with van der Waals surface area (Å²) in [5.74, 6) is 0.589. The normalized spacial score (nSPS) is 10.6. The van der Waals surface area contributed by atoms with E-state index >= 15 is 0 Å². The van der Waals surface area contributed by atoms with E-state index in [4.69, 9.17) is 11.6 Å². The van der Waals surface area contributed by atoms with Crippen molar-refractivity contribution in [3.63, 3.8) is 0 Å². The minimum atomic E-state index is 0.589. The first-order valence-corrected chi connectivity index (χ1v) is 8.15. The molecule has 0 spiro atoms. The molecule has 5 heteroatoms. The van der Waals surface area contributed by atoms with Crippen molar-refractivity contribution in [2.75, 3.05) is 0 Å². The van der Waals surface area contributed by atoms with E-state index in [9.17, 15) is 0 Å². The van der Waals surface area contributed by atoms with Crippen LogP contribution in [-0.4, -0.2) is 19.9 Å². The Hall–Kier alpha value is -3.11. The number of halogens is 1. The molecule has 4 aromatic rings. The van der Waals surface area contributed by atoms with Gasteiger partial charge in [0.25, 0.3) is 0 Å². The third-order valence-electron chi connectivity index (χ3n) is 3.66. The van der Waals surface area contributed by atoms with Gasteiger partial charge in [0, 0.05) is 23.0 Å². The highest BCUT2D eigenvalue weighted by molar-refractivity contribution is 6.30. The van der Waals surface area contributed by atoms with Crippen LogP contribution in [0.25, 0.3) is 34.2 Å². The van der Waals surface area contributed by atoms with Gasteiger partial charge in [-0.3, -0.25) is 9.97 Å². The van der Waals surface area contributed by atoms with E-state index < -0.39 is 0 Å². The van der Waals surface area contributed by atoms with Crippen molar-refractivity contribution in [1.82, 2.24) is 19.9 Å². The van der Waals surface area contributed by atoms with Crippen LogP contribution in [0.15, 0.2) is 79.1 Å². The van der Waals surface area contributed by atoms with Gasteiger partial charge in [-0.1, -0.05) is 35.9 Å². The van der Waals surface area contributed by atoms with E-state index in [1.165, 1.54) is 0 Å².